The monoisotopic (exact) mass is 606 g/mol. The fourth-order valence-corrected chi connectivity index (χ4v) is 3.58. The zero-order valence-corrected chi connectivity index (χ0v) is 27.1. The van der Waals surface area contributed by atoms with Crippen LogP contribution in [0.15, 0.2) is 70.9 Å². The van der Waals surface area contributed by atoms with E-state index in [1.54, 1.807) is 48.9 Å². The molecule has 3 rings (SSSR count). The van der Waals surface area contributed by atoms with Crippen molar-refractivity contribution in [3.8, 4) is 5.75 Å². The highest BCUT2D eigenvalue weighted by atomic mass is 32.2. The number of aromatic hydroxyl groups is 1. The smallest absolute Gasteiger partial charge is 0.271 e. The number of carbonyl (C=O) groups is 2. The summed E-state index contributed by atoms with van der Waals surface area (Å²) in [6.45, 7) is 6.12. The number of nitrogens with one attached hydrogen (secondary N) is 2. The first-order valence-electron chi connectivity index (χ1n) is 13.4. The highest BCUT2D eigenvalue weighted by Crippen LogP contribution is 2.29. The summed E-state index contributed by atoms with van der Waals surface area (Å²) < 4.78 is 9.56. The lowest BCUT2D eigenvalue weighted by Gasteiger charge is -2.21. The number of nitrogens with zero attached hydrogens (tertiary/aromatic N) is 4. The summed E-state index contributed by atoms with van der Waals surface area (Å²) >= 11 is 0. The largest absolute Gasteiger partial charge is 0.507 e. The van der Waals surface area contributed by atoms with Gasteiger partial charge in [-0.1, -0.05) is 20.8 Å². The van der Waals surface area contributed by atoms with E-state index in [2.05, 4.69) is 21.1 Å². The minimum atomic E-state index is -0.611. The van der Waals surface area contributed by atoms with Gasteiger partial charge < -0.3 is 14.9 Å². The summed E-state index contributed by atoms with van der Waals surface area (Å²) in [5.41, 5.74) is 9.36. The van der Waals surface area contributed by atoms with Gasteiger partial charge in [0.25, 0.3) is 11.8 Å². The first kappa shape index (κ1) is 34.7. The maximum absolute atomic E-state index is 12.5. The van der Waals surface area contributed by atoms with Gasteiger partial charge in [0.2, 0.25) is 0 Å². The first-order valence-corrected chi connectivity index (χ1v) is 15.4. The van der Waals surface area contributed by atoms with Gasteiger partial charge in [-0.15, -0.1) is 0 Å². The van der Waals surface area contributed by atoms with Crippen molar-refractivity contribution in [1.82, 2.24) is 10.9 Å². The lowest BCUT2D eigenvalue weighted by molar-refractivity contribution is 0.0947. The number of carbonyl (C=O) groups excluding carboxylic acids is 2. The second kappa shape index (κ2) is 15.6. The molecule has 0 aromatic heterocycles. The van der Waals surface area contributed by atoms with Crippen LogP contribution in [-0.2, 0) is 16.2 Å². The van der Waals surface area contributed by atoms with Crippen molar-refractivity contribution in [2.45, 2.75) is 26.2 Å². The number of hydrazone groups is 2. The van der Waals surface area contributed by atoms with Gasteiger partial charge >= 0.3 is 0 Å². The van der Waals surface area contributed by atoms with Crippen LogP contribution in [0.3, 0.4) is 0 Å². The van der Waals surface area contributed by atoms with Crippen LogP contribution in [0.4, 0.5) is 11.4 Å². The van der Waals surface area contributed by atoms with Crippen LogP contribution in [0.2, 0.25) is 0 Å². The highest BCUT2D eigenvalue weighted by Gasteiger charge is 2.18. The Bertz CT molecular complexity index is 1370. The van der Waals surface area contributed by atoms with Crippen LogP contribution >= 0.6 is 0 Å². The topological polar surface area (TPSA) is 127 Å². The van der Waals surface area contributed by atoms with Crippen LogP contribution in [0, 0.1) is 0 Å². The van der Waals surface area contributed by atoms with E-state index in [0.29, 0.717) is 22.3 Å². The van der Waals surface area contributed by atoms with Crippen molar-refractivity contribution < 1.29 is 18.9 Å². The number of anilines is 2. The third-order valence-electron chi connectivity index (χ3n) is 6.07. The van der Waals surface area contributed by atoms with Crippen LogP contribution in [0.25, 0.3) is 0 Å². The highest BCUT2D eigenvalue weighted by molar-refractivity contribution is 7.83. The zero-order valence-electron chi connectivity index (χ0n) is 26.3. The number of phenolic OH excluding ortho intramolecular Hbond substituents is 1. The standard InChI is InChI=1S/C30H36N6O3.C2H6OS/c1-30(2,3)24-16-22(18-31-33-28(38)20-8-12-25(13-9-20)35(4)5)27(37)23(17-24)19-32-34-29(39)21-10-14-26(15-11-21)36(6)7;1-4(2)3/h8-19,37H,1-7H3,(H,33,38)(H,34,39);1-2H3/b31-18+,32-19+;. The first-order chi connectivity index (χ1) is 20.1. The SMILES string of the molecule is CN(C)c1ccc(C(=O)N/N=C/c2cc(C(C)(C)C)cc(/C=N/NC(=O)c3ccc(N(C)C)cc3)c2O)cc1.CS(C)=O. The molecule has 2 amide bonds. The summed E-state index contributed by atoms with van der Waals surface area (Å²) in [4.78, 5) is 28.9. The molecule has 0 saturated heterocycles. The molecule has 3 N–H and O–H groups in total. The molecule has 0 aliphatic rings. The number of hydrogen-bond acceptors (Lipinski definition) is 8. The molecule has 0 unspecified atom stereocenters. The van der Waals surface area contributed by atoms with Crippen LogP contribution in [-0.4, -0.2) is 74.3 Å². The van der Waals surface area contributed by atoms with Crippen molar-refractivity contribution in [1.29, 1.82) is 0 Å². The summed E-state index contributed by atoms with van der Waals surface area (Å²) in [7, 11) is 7.09. The zero-order chi connectivity index (χ0) is 32.3. The number of phenols is 1. The minimum Gasteiger partial charge on any atom is -0.507 e. The third-order valence-corrected chi connectivity index (χ3v) is 6.07. The quantitative estimate of drug-likeness (QED) is 0.259. The fourth-order valence-electron chi connectivity index (χ4n) is 3.58. The molecule has 0 bridgehead atoms. The normalized spacial score (nSPS) is 11.3. The predicted molar refractivity (Wildman–Crippen MR) is 178 cm³/mol. The predicted octanol–water partition coefficient (Wildman–Crippen LogP) is 4.34. The molecule has 0 heterocycles. The molecule has 0 aliphatic carbocycles. The second-order valence-electron chi connectivity index (χ2n) is 11.3. The van der Waals surface area contributed by atoms with Crippen LogP contribution in [0.5, 0.6) is 5.75 Å². The molecule has 11 heteroatoms. The summed E-state index contributed by atoms with van der Waals surface area (Å²) in [5, 5.41) is 19.0. The van der Waals surface area contributed by atoms with Gasteiger partial charge in [-0.05, 0) is 71.6 Å². The van der Waals surface area contributed by atoms with E-state index in [1.807, 2.05) is 83.0 Å². The molecule has 230 valence electrons. The number of rotatable bonds is 8. The molecule has 3 aromatic rings. The lowest BCUT2D eigenvalue weighted by atomic mass is 9.85. The Morgan fingerprint density at radius 2 is 1.07 bits per heavy atom. The molecule has 10 nitrogen and oxygen atoms in total. The lowest BCUT2D eigenvalue weighted by Crippen LogP contribution is -2.18. The van der Waals surface area contributed by atoms with Gasteiger partial charge in [0.15, 0.2) is 0 Å². The van der Waals surface area contributed by atoms with Crippen molar-refractivity contribution in [2.24, 2.45) is 10.2 Å². The van der Waals surface area contributed by atoms with Gasteiger partial charge in [-0.2, -0.15) is 10.2 Å². The van der Waals surface area contributed by atoms with Crippen molar-refractivity contribution in [3.05, 3.63) is 88.5 Å². The van der Waals surface area contributed by atoms with E-state index in [1.165, 1.54) is 12.4 Å². The summed E-state index contributed by atoms with van der Waals surface area (Å²) in [6, 6.07) is 17.9. The Morgan fingerprint density at radius 3 is 1.35 bits per heavy atom. The molecular weight excluding hydrogens is 564 g/mol. The Hall–Kier alpha value is -4.51. The van der Waals surface area contributed by atoms with Crippen LogP contribution < -0.4 is 20.7 Å². The number of hydrogen-bond donors (Lipinski definition) is 3. The average molecular weight is 607 g/mol. The van der Waals surface area contributed by atoms with Crippen molar-refractivity contribution >= 4 is 46.4 Å². The van der Waals surface area contributed by atoms with Crippen molar-refractivity contribution in [3.63, 3.8) is 0 Å². The van der Waals surface area contributed by atoms with Gasteiger partial charge in [0.05, 0.1) is 12.4 Å². The van der Waals surface area contributed by atoms with E-state index in [4.69, 9.17) is 0 Å². The van der Waals surface area contributed by atoms with Crippen LogP contribution in [0.1, 0.15) is 58.2 Å². The van der Waals surface area contributed by atoms with Gasteiger partial charge in [0, 0.05) is 85.1 Å². The Labute approximate surface area is 257 Å². The Kier molecular flexibility index (Phi) is 12.6. The summed E-state index contributed by atoms with van der Waals surface area (Å²) in [5.74, 6) is -0.818. The molecule has 0 aliphatic heterocycles. The molecule has 0 fully saturated rings. The van der Waals surface area contributed by atoms with E-state index in [9.17, 15) is 18.9 Å². The molecule has 0 saturated carbocycles. The second-order valence-corrected chi connectivity index (χ2v) is 12.8. The minimum absolute atomic E-state index is 0.0790. The van der Waals surface area contributed by atoms with Gasteiger partial charge in [-0.25, -0.2) is 10.9 Å². The number of amides is 2. The Balaban J connectivity index is 0.00000151. The summed E-state index contributed by atoms with van der Waals surface area (Å²) in [6.07, 6.45) is 6.05. The third kappa shape index (κ3) is 11.0. The van der Waals surface area contributed by atoms with E-state index >= 15 is 0 Å². The molecule has 43 heavy (non-hydrogen) atoms. The molecule has 3 aromatic carbocycles. The molecular formula is C32H42N6O4S. The van der Waals surface area contributed by atoms with Gasteiger partial charge in [0.1, 0.15) is 5.75 Å². The maximum atomic E-state index is 12.5. The average Bonchev–Trinajstić information content (AvgIpc) is 2.93. The van der Waals surface area contributed by atoms with Gasteiger partial charge in [-0.3, -0.25) is 13.8 Å². The van der Waals surface area contributed by atoms with E-state index < -0.39 is 10.8 Å². The van der Waals surface area contributed by atoms with Crippen molar-refractivity contribution in [2.75, 3.05) is 50.5 Å². The molecule has 0 spiro atoms. The Morgan fingerprint density at radius 1 is 0.744 bits per heavy atom. The van der Waals surface area contributed by atoms with E-state index in [-0.39, 0.29) is 23.0 Å². The number of benzene rings is 3. The fraction of sp³-hybridized carbons (Fsp3) is 0.312. The molecule has 0 radical (unpaired) electrons. The maximum Gasteiger partial charge on any atom is 0.271 e. The van der Waals surface area contributed by atoms with E-state index in [0.717, 1.165) is 16.9 Å². The molecule has 0 atom stereocenters.